The summed E-state index contributed by atoms with van der Waals surface area (Å²) in [6.07, 6.45) is 1.27. The van der Waals surface area contributed by atoms with Crippen molar-refractivity contribution in [2.24, 2.45) is 0 Å². The van der Waals surface area contributed by atoms with Gasteiger partial charge in [0.1, 0.15) is 12.0 Å². The van der Waals surface area contributed by atoms with Crippen LogP contribution in [0, 0.1) is 10.1 Å². The monoisotopic (exact) mass is 279 g/mol. The topological polar surface area (TPSA) is 126 Å². The lowest BCUT2D eigenvalue weighted by Gasteiger charge is -2.12. The Morgan fingerprint density at radius 1 is 1.60 bits per heavy atom. The summed E-state index contributed by atoms with van der Waals surface area (Å²) >= 11 is 0. The average molecular weight is 279 g/mol. The van der Waals surface area contributed by atoms with E-state index in [9.17, 15) is 19.7 Å². The van der Waals surface area contributed by atoms with E-state index in [1.54, 1.807) is 7.05 Å². The summed E-state index contributed by atoms with van der Waals surface area (Å²) < 4.78 is 0. The van der Waals surface area contributed by atoms with E-state index in [4.69, 9.17) is 0 Å². The summed E-state index contributed by atoms with van der Waals surface area (Å²) in [4.78, 5) is 37.1. The molecule has 1 aromatic heterocycles. The van der Waals surface area contributed by atoms with Gasteiger partial charge >= 0.3 is 0 Å². The molecule has 0 aliphatic carbocycles. The number of nitro groups is 1. The van der Waals surface area contributed by atoms with Gasteiger partial charge in [0.15, 0.2) is 0 Å². The van der Waals surface area contributed by atoms with E-state index in [2.05, 4.69) is 20.9 Å². The Balaban J connectivity index is 2.21. The Bertz CT molecular complexity index is 574. The standard InChI is InChI=1S/C11H13N5O4/c1-12-10-8(3-7(5-14-10)16(19)20)11(18)15-6-2-9(17)13-4-6/h3,5-6H,2,4H2,1H3,(H,12,14)(H,13,17)(H,15,18). The maximum atomic E-state index is 12.1. The molecule has 2 rings (SSSR count). The smallest absolute Gasteiger partial charge is 0.288 e. The van der Waals surface area contributed by atoms with Gasteiger partial charge < -0.3 is 16.0 Å². The van der Waals surface area contributed by atoms with Crippen LogP contribution >= 0.6 is 0 Å². The van der Waals surface area contributed by atoms with Gasteiger partial charge in [-0.2, -0.15) is 0 Å². The van der Waals surface area contributed by atoms with Gasteiger partial charge in [0.05, 0.1) is 16.5 Å². The van der Waals surface area contributed by atoms with Gasteiger partial charge in [-0.1, -0.05) is 0 Å². The van der Waals surface area contributed by atoms with Gasteiger partial charge in [-0.3, -0.25) is 19.7 Å². The Kier molecular flexibility index (Phi) is 3.78. The van der Waals surface area contributed by atoms with Crippen LogP contribution in [0.15, 0.2) is 12.3 Å². The molecule has 0 spiro atoms. The van der Waals surface area contributed by atoms with Crippen molar-refractivity contribution in [3.05, 3.63) is 27.9 Å². The second-order valence-electron chi connectivity index (χ2n) is 4.28. The summed E-state index contributed by atoms with van der Waals surface area (Å²) in [6.45, 7) is 0.349. The molecule has 1 saturated heterocycles. The van der Waals surface area contributed by atoms with E-state index in [0.29, 0.717) is 6.54 Å². The molecule has 9 heteroatoms. The summed E-state index contributed by atoms with van der Waals surface area (Å²) in [6, 6.07) is 0.831. The summed E-state index contributed by atoms with van der Waals surface area (Å²) in [7, 11) is 1.56. The average Bonchev–Trinajstić information content (AvgIpc) is 2.83. The number of aromatic nitrogens is 1. The predicted octanol–water partition coefficient (Wildman–Crippen LogP) is -0.350. The van der Waals surface area contributed by atoms with Crippen molar-refractivity contribution in [2.45, 2.75) is 12.5 Å². The fraction of sp³-hybridized carbons (Fsp3) is 0.364. The Hall–Kier alpha value is -2.71. The van der Waals surface area contributed by atoms with Crippen LogP contribution in [0.1, 0.15) is 16.8 Å². The summed E-state index contributed by atoms with van der Waals surface area (Å²) in [5.74, 6) is -0.404. The number of nitrogens with zero attached hydrogens (tertiary/aromatic N) is 2. The first-order valence-corrected chi connectivity index (χ1v) is 5.91. The number of rotatable bonds is 4. The van der Waals surface area contributed by atoms with Crippen molar-refractivity contribution in [1.29, 1.82) is 0 Å². The van der Waals surface area contributed by atoms with Crippen molar-refractivity contribution in [1.82, 2.24) is 15.6 Å². The Morgan fingerprint density at radius 3 is 2.90 bits per heavy atom. The van der Waals surface area contributed by atoms with Crippen molar-refractivity contribution < 1.29 is 14.5 Å². The highest BCUT2D eigenvalue weighted by atomic mass is 16.6. The third-order valence-electron chi connectivity index (χ3n) is 2.88. The molecule has 1 aromatic rings. The number of anilines is 1. The molecule has 0 saturated carbocycles. The van der Waals surface area contributed by atoms with E-state index in [0.717, 1.165) is 12.3 Å². The van der Waals surface area contributed by atoms with Gasteiger partial charge in [0, 0.05) is 26.1 Å². The first-order chi connectivity index (χ1) is 9.51. The first-order valence-electron chi connectivity index (χ1n) is 5.91. The third kappa shape index (κ3) is 2.82. The minimum atomic E-state index is -0.621. The van der Waals surface area contributed by atoms with Crippen molar-refractivity contribution in [2.75, 3.05) is 18.9 Å². The predicted molar refractivity (Wildman–Crippen MR) is 69.3 cm³/mol. The second kappa shape index (κ2) is 5.51. The molecule has 1 fully saturated rings. The molecule has 20 heavy (non-hydrogen) atoms. The number of carbonyl (C=O) groups excluding carboxylic acids is 2. The van der Waals surface area contributed by atoms with Crippen molar-refractivity contribution >= 4 is 23.3 Å². The minimum absolute atomic E-state index is 0.0704. The summed E-state index contributed by atoms with van der Waals surface area (Å²) in [5, 5.41) is 18.7. The highest BCUT2D eigenvalue weighted by Crippen LogP contribution is 2.19. The number of nitrogens with one attached hydrogen (secondary N) is 3. The van der Waals surface area contributed by atoms with Crippen molar-refractivity contribution in [3.8, 4) is 0 Å². The van der Waals surface area contributed by atoms with E-state index >= 15 is 0 Å². The van der Waals surface area contributed by atoms with Crippen LogP contribution < -0.4 is 16.0 Å². The number of pyridine rings is 1. The highest BCUT2D eigenvalue weighted by molar-refractivity contribution is 5.99. The highest BCUT2D eigenvalue weighted by Gasteiger charge is 2.25. The zero-order valence-electron chi connectivity index (χ0n) is 10.7. The molecule has 0 bridgehead atoms. The van der Waals surface area contributed by atoms with Crippen LogP contribution in [-0.4, -0.2) is 41.4 Å². The maximum Gasteiger partial charge on any atom is 0.288 e. The van der Waals surface area contributed by atoms with Crippen LogP contribution in [0.4, 0.5) is 11.5 Å². The van der Waals surface area contributed by atoms with E-state index in [1.165, 1.54) is 0 Å². The largest absolute Gasteiger partial charge is 0.372 e. The van der Waals surface area contributed by atoms with Gasteiger partial charge in [-0.25, -0.2) is 4.98 Å². The first kappa shape index (κ1) is 13.7. The molecule has 1 atom stereocenters. The van der Waals surface area contributed by atoms with Gasteiger partial charge in [-0.15, -0.1) is 0 Å². The van der Waals surface area contributed by atoms with Crippen LogP contribution in [0.3, 0.4) is 0 Å². The zero-order valence-corrected chi connectivity index (χ0v) is 10.7. The molecule has 9 nitrogen and oxygen atoms in total. The molecule has 3 N–H and O–H groups in total. The molecular formula is C11H13N5O4. The molecule has 106 valence electrons. The van der Waals surface area contributed by atoms with Crippen LogP contribution in [0.5, 0.6) is 0 Å². The van der Waals surface area contributed by atoms with Crippen LogP contribution in [0.25, 0.3) is 0 Å². The minimum Gasteiger partial charge on any atom is -0.372 e. The van der Waals surface area contributed by atoms with Gasteiger partial charge in [0.2, 0.25) is 5.91 Å². The lowest BCUT2D eigenvalue weighted by Crippen LogP contribution is -2.36. The van der Waals surface area contributed by atoms with E-state index in [-0.39, 0.29) is 35.4 Å². The zero-order chi connectivity index (χ0) is 14.7. The molecule has 0 radical (unpaired) electrons. The Labute approximate surface area is 113 Å². The second-order valence-corrected chi connectivity index (χ2v) is 4.28. The van der Waals surface area contributed by atoms with Gasteiger partial charge in [-0.05, 0) is 0 Å². The maximum absolute atomic E-state index is 12.1. The van der Waals surface area contributed by atoms with E-state index in [1.807, 2.05) is 0 Å². The number of hydrogen-bond acceptors (Lipinski definition) is 6. The number of amides is 2. The lowest BCUT2D eigenvalue weighted by molar-refractivity contribution is -0.385. The van der Waals surface area contributed by atoms with E-state index < -0.39 is 10.8 Å². The molecule has 1 aliphatic rings. The van der Waals surface area contributed by atoms with Crippen LogP contribution in [-0.2, 0) is 4.79 Å². The van der Waals surface area contributed by atoms with Gasteiger partial charge in [0.25, 0.3) is 11.6 Å². The normalized spacial score (nSPS) is 17.4. The molecular weight excluding hydrogens is 266 g/mol. The SMILES string of the molecule is CNc1ncc([N+](=O)[O-])cc1C(=O)NC1CNC(=O)C1. The fourth-order valence-corrected chi connectivity index (χ4v) is 1.90. The quantitative estimate of drug-likeness (QED) is 0.511. The third-order valence-corrected chi connectivity index (χ3v) is 2.88. The molecule has 0 aromatic carbocycles. The fourth-order valence-electron chi connectivity index (χ4n) is 1.90. The van der Waals surface area contributed by atoms with Crippen molar-refractivity contribution in [3.63, 3.8) is 0 Å². The number of carbonyl (C=O) groups is 2. The molecule has 1 unspecified atom stereocenters. The summed E-state index contributed by atoms with van der Waals surface area (Å²) in [5.41, 5.74) is -0.198. The number of hydrogen-bond donors (Lipinski definition) is 3. The molecule has 2 amide bonds. The Morgan fingerprint density at radius 2 is 2.35 bits per heavy atom. The molecule has 1 aliphatic heterocycles. The van der Waals surface area contributed by atoms with Crippen LogP contribution in [0.2, 0.25) is 0 Å². The molecule has 2 heterocycles. The lowest BCUT2D eigenvalue weighted by atomic mass is 10.2.